The number of anilines is 2. The Hall–Kier alpha value is -5.43. The van der Waals surface area contributed by atoms with E-state index in [2.05, 4.69) is 37.4 Å². The molecule has 5 rings (SSSR count). The molecule has 0 atom stereocenters. The number of aromatic nitrogens is 4. The van der Waals surface area contributed by atoms with E-state index < -0.39 is 23.1 Å². The second-order valence-electron chi connectivity index (χ2n) is 8.40. The first-order valence-electron chi connectivity index (χ1n) is 11.8. The molecule has 2 heterocycles. The van der Waals surface area contributed by atoms with Crippen LogP contribution in [0.2, 0.25) is 0 Å². The van der Waals surface area contributed by atoms with Crippen LogP contribution in [0.15, 0.2) is 90.1 Å². The number of rotatable bonds is 6. The van der Waals surface area contributed by atoms with Gasteiger partial charge in [-0.25, -0.2) is 23.7 Å². The number of carbonyl (C=O) groups excluding carboxylic acids is 1. The van der Waals surface area contributed by atoms with Gasteiger partial charge in [-0.3, -0.25) is 9.59 Å². The molecule has 39 heavy (non-hydrogen) atoms. The van der Waals surface area contributed by atoms with Crippen LogP contribution in [0, 0.1) is 23.5 Å². The van der Waals surface area contributed by atoms with Crippen LogP contribution in [0.4, 0.5) is 20.4 Å². The molecular formula is C29H20F2N6O2. The largest absolute Gasteiger partial charge is 0.340 e. The van der Waals surface area contributed by atoms with E-state index in [0.717, 1.165) is 28.7 Å². The maximum absolute atomic E-state index is 13.5. The first-order chi connectivity index (χ1) is 19.0. The first-order valence-corrected chi connectivity index (χ1v) is 11.8. The Morgan fingerprint density at radius 1 is 0.974 bits per heavy atom. The zero-order valence-electron chi connectivity index (χ0n) is 20.4. The minimum Gasteiger partial charge on any atom is -0.340 e. The van der Waals surface area contributed by atoms with Crippen molar-refractivity contribution in [3.8, 4) is 11.8 Å². The van der Waals surface area contributed by atoms with Crippen molar-refractivity contribution >= 4 is 28.4 Å². The van der Waals surface area contributed by atoms with Crippen LogP contribution in [0.1, 0.15) is 21.6 Å². The third kappa shape index (κ3) is 6.11. The SMILES string of the molecule is O=C(NCC#Cc1ccc2nc(Nc3ccccc3)ncc2c1)c1nccn(Cc2ccc(F)c(F)c2)c1=O. The van der Waals surface area contributed by atoms with Crippen molar-refractivity contribution in [2.75, 3.05) is 11.9 Å². The van der Waals surface area contributed by atoms with E-state index in [-0.39, 0.29) is 18.8 Å². The summed E-state index contributed by atoms with van der Waals surface area (Å²) in [5, 5.41) is 6.51. The van der Waals surface area contributed by atoms with Crippen molar-refractivity contribution in [1.29, 1.82) is 0 Å². The molecule has 2 N–H and O–H groups in total. The molecule has 8 nitrogen and oxygen atoms in total. The Kier molecular flexibility index (Phi) is 7.32. The summed E-state index contributed by atoms with van der Waals surface area (Å²) in [7, 11) is 0. The molecule has 2 aromatic heterocycles. The van der Waals surface area contributed by atoms with Crippen LogP contribution in [0.3, 0.4) is 0 Å². The number of fused-ring (bicyclic) bond motifs is 1. The lowest BCUT2D eigenvalue weighted by Crippen LogP contribution is -2.34. The van der Waals surface area contributed by atoms with Gasteiger partial charge in [0.2, 0.25) is 5.95 Å². The zero-order chi connectivity index (χ0) is 27.2. The van der Waals surface area contributed by atoms with Crippen molar-refractivity contribution in [2.24, 2.45) is 0 Å². The van der Waals surface area contributed by atoms with Gasteiger partial charge in [0.1, 0.15) is 0 Å². The molecule has 0 aliphatic rings. The highest BCUT2D eigenvalue weighted by Gasteiger charge is 2.14. The monoisotopic (exact) mass is 522 g/mol. The molecule has 0 fully saturated rings. The lowest BCUT2D eigenvalue weighted by atomic mass is 10.1. The van der Waals surface area contributed by atoms with Gasteiger partial charge in [0.05, 0.1) is 18.6 Å². The van der Waals surface area contributed by atoms with Gasteiger partial charge in [-0.05, 0) is 48.0 Å². The van der Waals surface area contributed by atoms with E-state index >= 15 is 0 Å². The van der Waals surface area contributed by atoms with E-state index in [1.807, 2.05) is 48.5 Å². The van der Waals surface area contributed by atoms with E-state index in [4.69, 9.17) is 0 Å². The van der Waals surface area contributed by atoms with E-state index in [1.165, 1.54) is 23.0 Å². The average molecular weight is 523 g/mol. The molecule has 0 saturated heterocycles. The van der Waals surface area contributed by atoms with Crippen molar-refractivity contribution in [1.82, 2.24) is 24.8 Å². The number of halogens is 2. The quantitative estimate of drug-likeness (QED) is 0.327. The van der Waals surface area contributed by atoms with Crippen LogP contribution in [-0.2, 0) is 6.54 Å². The maximum atomic E-state index is 13.5. The standard InChI is InChI=1S/C29H20F2N6O2/c30-23-10-8-20(16-24(23)31)18-37-14-13-32-26(28(37)39)27(38)33-12-4-5-19-9-11-25-21(15-19)17-34-29(36-25)35-22-6-2-1-3-7-22/h1-3,6-11,13-17H,12,18H2,(H,33,38)(H,34,35,36). The lowest BCUT2D eigenvalue weighted by molar-refractivity contribution is 0.0951. The molecule has 0 saturated carbocycles. The highest BCUT2D eigenvalue weighted by atomic mass is 19.2. The Morgan fingerprint density at radius 2 is 1.82 bits per heavy atom. The molecule has 0 unspecified atom stereocenters. The normalized spacial score (nSPS) is 10.5. The van der Waals surface area contributed by atoms with Gasteiger partial charge in [-0.2, -0.15) is 0 Å². The van der Waals surface area contributed by atoms with Crippen LogP contribution < -0.4 is 16.2 Å². The molecule has 0 aliphatic heterocycles. The minimum absolute atomic E-state index is 0.0213. The predicted molar refractivity (Wildman–Crippen MR) is 142 cm³/mol. The zero-order valence-corrected chi connectivity index (χ0v) is 20.4. The second-order valence-corrected chi connectivity index (χ2v) is 8.40. The Balaban J connectivity index is 1.22. The summed E-state index contributed by atoms with van der Waals surface area (Å²) >= 11 is 0. The molecule has 0 spiro atoms. The highest BCUT2D eigenvalue weighted by molar-refractivity contribution is 5.92. The van der Waals surface area contributed by atoms with Gasteiger partial charge in [0.15, 0.2) is 17.3 Å². The molecule has 10 heteroatoms. The Labute approximate surface area is 221 Å². The topological polar surface area (TPSA) is 102 Å². The van der Waals surface area contributed by atoms with Crippen LogP contribution >= 0.6 is 0 Å². The fraction of sp³-hybridized carbons (Fsp3) is 0.0690. The van der Waals surface area contributed by atoms with Gasteiger partial charge in [-0.1, -0.05) is 36.1 Å². The summed E-state index contributed by atoms with van der Waals surface area (Å²) in [5.74, 6) is 3.59. The average Bonchev–Trinajstić information content (AvgIpc) is 2.94. The third-order valence-corrected chi connectivity index (χ3v) is 5.65. The molecule has 0 aliphatic carbocycles. The van der Waals surface area contributed by atoms with E-state index in [0.29, 0.717) is 17.1 Å². The van der Waals surface area contributed by atoms with Gasteiger partial charge in [0.25, 0.3) is 11.5 Å². The summed E-state index contributed by atoms with van der Waals surface area (Å²) in [5.41, 5.74) is 1.71. The summed E-state index contributed by atoms with van der Waals surface area (Å²) < 4.78 is 27.9. The summed E-state index contributed by atoms with van der Waals surface area (Å²) in [6.45, 7) is -0.0688. The number of nitrogens with zero attached hydrogens (tertiary/aromatic N) is 4. The summed E-state index contributed by atoms with van der Waals surface area (Å²) in [4.78, 5) is 38.0. The van der Waals surface area contributed by atoms with E-state index in [1.54, 1.807) is 6.20 Å². The van der Waals surface area contributed by atoms with E-state index in [9.17, 15) is 18.4 Å². The number of hydrogen-bond donors (Lipinski definition) is 2. The predicted octanol–water partition coefficient (Wildman–Crippen LogP) is 4.04. The number of carbonyl (C=O) groups is 1. The number of hydrogen-bond acceptors (Lipinski definition) is 6. The smallest absolute Gasteiger partial charge is 0.282 e. The van der Waals surface area contributed by atoms with Gasteiger partial charge in [0, 0.05) is 35.2 Å². The summed E-state index contributed by atoms with van der Waals surface area (Å²) in [6, 6.07) is 18.4. The van der Waals surface area contributed by atoms with Crippen molar-refractivity contribution in [3.63, 3.8) is 0 Å². The van der Waals surface area contributed by atoms with Gasteiger partial charge >= 0.3 is 0 Å². The number of benzene rings is 3. The Bertz CT molecular complexity index is 1800. The summed E-state index contributed by atoms with van der Waals surface area (Å²) in [6.07, 6.45) is 4.36. The van der Waals surface area contributed by atoms with Crippen LogP contribution in [-0.4, -0.2) is 32.0 Å². The van der Waals surface area contributed by atoms with Gasteiger partial charge < -0.3 is 15.2 Å². The van der Waals surface area contributed by atoms with Crippen LogP contribution in [0.25, 0.3) is 10.9 Å². The molecule has 1 amide bonds. The fourth-order valence-corrected chi connectivity index (χ4v) is 3.74. The number of amides is 1. The molecule has 5 aromatic rings. The van der Waals surface area contributed by atoms with Crippen molar-refractivity contribution in [3.05, 3.63) is 124 Å². The molecule has 192 valence electrons. The molecule has 3 aromatic carbocycles. The van der Waals surface area contributed by atoms with Gasteiger partial charge in [-0.15, -0.1) is 0 Å². The first kappa shape index (κ1) is 25.2. The van der Waals surface area contributed by atoms with Crippen molar-refractivity contribution < 1.29 is 13.6 Å². The third-order valence-electron chi connectivity index (χ3n) is 5.65. The number of para-hydroxylation sites is 1. The van der Waals surface area contributed by atoms with Crippen LogP contribution in [0.5, 0.6) is 0 Å². The van der Waals surface area contributed by atoms with Crippen molar-refractivity contribution in [2.45, 2.75) is 6.54 Å². The maximum Gasteiger partial charge on any atom is 0.282 e. The molecule has 0 bridgehead atoms. The fourth-order valence-electron chi connectivity index (χ4n) is 3.74. The highest BCUT2D eigenvalue weighted by Crippen LogP contribution is 2.17. The molecule has 0 radical (unpaired) electrons. The lowest BCUT2D eigenvalue weighted by Gasteiger charge is -2.08. The minimum atomic E-state index is -1.02. The second kappa shape index (κ2) is 11.3. The number of nitrogens with one attached hydrogen (secondary N) is 2. The molecular weight excluding hydrogens is 502 g/mol. The Morgan fingerprint density at radius 3 is 2.64 bits per heavy atom.